The van der Waals surface area contributed by atoms with Crippen LogP contribution in [0.3, 0.4) is 0 Å². The van der Waals surface area contributed by atoms with Crippen molar-refractivity contribution in [2.45, 2.75) is 20.4 Å². The molecular weight excluding hydrogens is 387 g/mol. The summed E-state index contributed by atoms with van der Waals surface area (Å²) >= 11 is 4.35. The lowest BCUT2D eigenvalue weighted by molar-refractivity contribution is -0.385. The highest BCUT2D eigenvalue weighted by Crippen LogP contribution is 2.29. The lowest BCUT2D eigenvalue weighted by Crippen LogP contribution is -2.30. The summed E-state index contributed by atoms with van der Waals surface area (Å²) in [5.74, 6) is -0.735. The Morgan fingerprint density at radius 2 is 2.13 bits per heavy atom. The molecule has 8 heteroatoms. The van der Waals surface area contributed by atoms with E-state index in [2.05, 4.69) is 15.9 Å². The number of nitrogens with zero attached hydrogens (tertiary/aromatic N) is 2. The maximum Gasteiger partial charge on any atom is 0.283 e. The minimum atomic E-state index is -0.507. The molecule has 0 N–H and O–H groups in total. The Labute approximate surface area is 145 Å². The topological polar surface area (TPSA) is 63.5 Å². The summed E-state index contributed by atoms with van der Waals surface area (Å²) in [6, 6.07) is 5.82. The summed E-state index contributed by atoms with van der Waals surface area (Å²) in [7, 11) is 0. The third kappa shape index (κ3) is 3.94. The number of thiophene rings is 1. The summed E-state index contributed by atoms with van der Waals surface area (Å²) in [4.78, 5) is 25.2. The zero-order valence-corrected chi connectivity index (χ0v) is 14.9. The predicted molar refractivity (Wildman–Crippen MR) is 90.2 cm³/mol. The Hall–Kier alpha value is -1.80. The Morgan fingerprint density at radius 1 is 1.43 bits per heavy atom. The molecular formula is C15H14BrFN2O3S. The highest BCUT2D eigenvalue weighted by atomic mass is 79.9. The van der Waals surface area contributed by atoms with E-state index in [-0.39, 0.29) is 23.0 Å². The molecule has 0 fully saturated rings. The van der Waals surface area contributed by atoms with Crippen molar-refractivity contribution in [1.82, 2.24) is 4.90 Å². The largest absolute Gasteiger partial charge is 0.334 e. The van der Waals surface area contributed by atoms with E-state index in [0.29, 0.717) is 17.0 Å². The van der Waals surface area contributed by atoms with Gasteiger partial charge in [0.05, 0.1) is 14.7 Å². The van der Waals surface area contributed by atoms with E-state index in [9.17, 15) is 19.3 Å². The monoisotopic (exact) mass is 400 g/mol. The molecule has 1 amide bonds. The molecule has 23 heavy (non-hydrogen) atoms. The van der Waals surface area contributed by atoms with Gasteiger partial charge in [0.1, 0.15) is 5.82 Å². The van der Waals surface area contributed by atoms with Crippen LogP contribution in [-0.2, 0) is 6.54 Å². The van der Waals surface area contributed by atoms with Crippen molar-refractivity contribution in [3.05, 3.63) is 60.0 Å². The van der Waals surface area contributed by atoms with E-state index in [1.165, 1.54) is 17.0 Å². The molecule has 0 atom stereocenters. The van der Waals surface area contributed by atoms with Gasteiger partial charge in [0, 0.05) is 29.2 Å². The Balaban J connectivity index is 2.26. The van der Waals surface area contributed by atoms with Crippen molar-refractivity contribution < 1.29 is 14.1 Å². The van der Waals surface area contributed by atoms with Gasteiger partial charge in [-0.05, 0) is 32.0 Å². The molecule has 2 rings (SSSR count). The van der Waals surface area contributed by atoms with Gasteiger partial charge in [-0.15, -0.1) is 11.3 Å². The Kier molecular flexibility index (Phi) is 5.48. The zero-order chi connectivity index (χ0) is 17.1. The summed E-state index contributed by atoms with van der Waals surface area (Å²) in [6.45, 7) is 3.85. The van der Waals surface area contributed by atoms with Crippen molar-refractivity contribution in [3.63, 3.8) is 0 Å². The third-order valence-electron chi connectivity index (χ3n) is 3.34. The van der Waals surface area contributed by atoms with E-state index in [1.807, 2.05) is 0 Å². The summed E-state index contributed by atoms with van der Waals surface area (Å²) in [6.07, 6.45) is 0. The second kappa shape index (κ2) is 7.18. The van der Waals surface area contributed by atoms with Crippen LogP contribution >= 0.6 is 27.3 Å². The van der Waals surface area contributed by atoms with Crippen molar-refractivity contribution in [2.75, 3.05) is 6.54 Å². The molecule has 1 aromatic carbocycles. The second-order valence-electron chi connectivity index (χ2n) is 4.86. The number of amides is 1. The molecule has 0 aliphatic heterocycles. The number of benzene rings is 1. The van der Waals surface area contributed by atoms with Crippen molar-refractivity contribution in [3.8, 4) is 0 Å². The number of rotatable bonds is 5. The first-order chi connectivity index (χ1) is 10.8. The maximum atomic E-state index is 13.9. The summed E-state index contributed by atoms with van der Waals surface area (Å²) in [5, 5.41) is 10.9. The molecule has 0 unspecified atom stereocenters. The SMILES string of the molecule is CCN(Cc1cc(Br)ccc1F)C(=O)c1cc([N+](=O)[O-])c(C)s1. The second-order valence-corrected chi connectivity index (χ2v) is 7.04. The van der Waals surface area contributed by atoms with Gasteiger partial charge in [0.2, 0.25) is 0 Å². The van der Waals surface area contributed by atoms with Crippen LogP contribution < -0.4 is 0 Å². The molecule has 2 aromatic rings. The van der Waals surface area contributed by atoms with Crippen LogP contribution in [0.5, 0.6) is 0 Å². The van der Waals surface area contributed by atoms with Gasteiger partial charge in [-0.3, -0.25) is 14.9 Å². The molecule has 1 aromatic heterocycles. The van der Waals surface area contributed by atoms with E-state index < -0.39 is 10.7 Å². The number of halogens is 2. The van der Waals surface area contributed by atoms with Gasteiger partial charge in [0.25, 0.3) is 11.6 Å². The third-order valence-corrected chi connectivity index (χ3v) is 4.86. The molecule has 0 aliphatic carbocycles. The molecule has 5 nitrogen and oxygen atoms in total. The predicted octanol–water partition coefficient (Wildman–Crippen LogP) is 4.53. The average molecular weight is 401 g/mol. The number of carbonyl (C=O) groups excluding carboxylic acids is 1. The van der Waals surface area contributed by atoms with Gasteiger partial charge in [-0.1, -0.05) is 15.9 Å². The van der Waals surface area contributed by atoms with Gasteiger partial charge < -0.3 is 4.90 Å². The number of hydrogen-bond acceptors (Lipinski definition) is 4. The van der Waals surface area contributed by atoms with Crippen LogP contribution in [0.15, 0.2) is 28.7 Å². The van der Waals surface area contributed by atoms with Gasteiger partial charge in [-0.25, -0.2) is 4.39 Å². The molecule has 0 saturated carbocycles. The van der Waals surface area contributed by atoms with Crippen LogP contribution in [0.4, 0.5) is 10.1 Å². The fraction of sp³-hybridized carbons (Fsp3) is 0.267. The number of carbonyl (C=O) groups is 1. The first kappa shape index (κ1) is 17.6. The van der Waals surface area contributed by atoms with Crippen LogP contribution in [-0.4, -0.2) is 22.3 Å². The maximum absolute atomic E-state index is 13.9. The molecule has 122 valence electrons. The smallest absolute Gasteiger partial charge is 0.283 e. The fourth-order valence-electron chi connectivity index (χ4n) is 2.11. The quantitative estimate of drug-likeness (QED) is 0.546. The zero-order valence-electron chi connectivity index (χ0n) is 12.5. The lowest BCUT2D eigenvalue weighted by Gasteiger charge is -2.20. The van der Waals surface area contributed by atoms with Crippen molar-refractivity contribution in [2.24, 2.45) is 0 Å². The van der Waals surface area contributed by atoms with E-state index in [1.54, 1.807) is 26.0 Å². The molecule has 1 heterocycles. The number of nitro groups is 1. The normalized spacial score (nSPS) is 10.6. The lowest BCUT2D eigenvalue weighted by atomic mass is 10.2. The molecule has 0 radical (unpaired) electrons. The fourth-order valence-corrected chi connectivity index (χ4v) is 3.48. The van der Waals surface area contributed by atoms with Crippen molar-refractivity contribution in [1.29, 1.82) is 0 Å². The van der Waals surface area contributed by atoms with E-state index >= 15 is 0 Å². The van der Waals surface area contributed by atoms with Crippen LogP contribution in [0.2, 0.25) is 0 Å². The number of hydrogen-bond donors (Lipinski definition) is 0. The molecule has 0 bridgehead atoms. The molecule has 0 aliphatic rings. The van der Waals surface area contributed by atoms with Crippen LogP contribution in [0.25, 0.3) is 0 Å². The van der Waals surface area contributed by atoms with E-state index in [0.717, 1.165) is 15.8 Å². The Bertz CT molecular complexity index is 763. The molecule has 0 saturated heterocycles. The minimum Gasteiger partial charge on any atom is -0.334 e. The summed E-state index contributed by atoms with van der Waals surface area (Å²) < 4.78 is 14.6. The van der Waals surface area contributed by atoms with Gasteiger partial charge >= 0.3 is 0 Å². The standard InChI is InChI=1S/C15H14BrFN2O3S/c1-3-18(8-10-6-11(16)4-5-12(10)17)15(20)14-7-13(19(21)22)9(2)23-14/h4-7H,3,8H2,1-2H3. The first-order valence-corrected chi connectivity index (χ1v) is 8.42. The Morgan fingerprint density at radius 3 is 2.70 bits per heavy atom. The van der Waals surface area contributed by atoms with Gasteiger partial charge in [-0.2, -0.15) is 0 Å². The van der Waals surface area contributed by atoms with Gasteiger partial charge in [0.15, 0.2) is 0 Å². The van der Waals surface area contributed by atoms with Crippen LogP contribution in [0, 0.1) is 22.9 Å². The minimum absolute atomic E-state index is 0.0666. The highest BCUT2D eigenvalue weighted by molar-refractivity contribution is 9.10. The van der Waals surface area contributed by atoms with Crippen molar-refractivity contribution >= 4 is 38.9 Å². The highest BCUT2D eigenvalue weighted by Gasteiger charge is 2.23. The first-order valence-electron chi connectivity index (χ1n) is 6.81. The number of aryl methyl sites for hydroxylation is 1. The summed E-state index contributed by atoms with van der Waals surface area (Å²) in [5.41, 5.74) is 0.320. The van der Waals surface area contributed by atoms with E-state index in [4.69, 9.17) is 0 Å². The van der Waals surface area contributed by atoms with Crippen LogP contribution in [0.1, 0.15) is 27.0 Å². The molecule has 0 spiro atoms. The average Bonchev–Trinajstić information content (AvgIpc) is 2.89.